The van der Waals surface area contributed by atoms with E-state index in [4.69, 9.17) is 4.42 Å². The van der Waals surface area contributed by atoms with Crippen LogP contribution in [0.3, 0.4) is 0 Å². The third-order valence-electron chi connectivity index (χ3n) is 4.63. The fourth-order valence-electron chi connectivity index (χ4n) is 3.05. The highest BCUT2D eigenvalue weighted by Crippen LogP contribution is 2.25. The predicted octanol–water partition coefficient (Wildman–Crippen LogP) is 0.965. The number of carbonyl (C=O) groups is 3. The topological polar surface area (TPSA) is 87.0 Å². The van der Waals surface area contributed by atoms with Crippen molar-refractivity contribution in [3.63, 3.8) is 0 Å². The van der Waals surface area contributed by atoms with Crippen molar-refractivity contribution in [1.29, 1.82) is 0 Å². The van der Waals surface area contributed by atoms with Crippen molar-refractivity contribution in [3.8, 4) is 0 Å². The Morgan fingerprint density at radius 2 is 2.04 bits per heavy atom. The van der Waals surface area contributed by atoms with E-state index in [2.05, 4.69) is 4.98 Å². The summed E-state index contributed by atoms with van der Waals surface area (Å²) in [5.41, 5.74) is 0.789. The Morgan fingerprint density at radius 1 is 1.33 bits per heavy atom. The second-order valence-electron chi connectivity index (χ2n) is 6.65. The maximum atomic E-state index is 12.6. The molecule has 0 aromatic carbocycles. The van der Waals surface area contributed by atoms with E-state index in [1.807, 2.05) is 13.8 Å². The molecule has 0 bridgehead atoms. The molecule has 0 spiro atoms. The van der Waals surface area contributed by atoms with Crippen LogP contribution in [0.5, 0.6) is 0 Å². The van der Waals surface area contributed by atoms with Crippen molar-refractivity contribution in [2.75, 3.05) is 20.6 Å². The minimum atomic E-state index is -0.722. The van der Waals surface area contributed by atoms with Crippen molar-refractivity contribution < 1.29 is 18.8 Å². The quantitative estimate of drug-likeness (QED) is 0.769. The van der Waals surface area contributed by atoms with Crippen LogP contribution in [0.1, 0.15) is 43.5 Å². The Morgan fingerprint density at radius 3 is 2.62 bits per heavy atom. The van der Waals surface area contributed by atoms with Gasteiger partial charge in [0.2, 0.25) is 5.91 Å². The summed E-state index contributed by atoms with van der Waals surface area (Å²) in [6.07, 6.45) is 0.615. The summed E-state index contributed by atoms with van der Waals surface area (Å²) in [5, 5.41) is 0. The highest BCUT2D eigenvalue weighted by atomic mass is 16.4. The highest BCUT2D eigenvalue weighted by Gasteiger charge is 2.42. The van der Waals surface area contributed by atoms with Crippen LogP contribution in [0.2, 0.25) is 0 Å². The molecule has 1 saturated heterocycles. The van der Waals surface area contributed by atoms with Gasteiger partial charge in [0.25, 0.3) is 5.91 Å². The van der Waals surface area contributed by atoms with Gasteiger partial charge in [0, 0.05) is 33.0 Å². The van der Waals surface area contributed by atoms with Crippen molar-refractivity contribution >= 4 is 17.8 Å². The molecule has 3 heterocycles. The zero-order chi connectivity index (χ0) is 17.6. The average molecular weight is 334 g/mol. The molecule has 1 unspecified atom stereocenters. The number of fused-ring (bicyclic) bond motifs is 1. The molecule has 2 aliphatic heterocycles. The standard InChI is InChI=1S/C16H22N4O4/c1-9(2)14-17-10-8-20(6-5-12(10)24-14)13(21)7-11-15(22)19(4)16(23)18(11)3/h9,11H,5-8H2,1-4H3. The van der Waals surface area contributed by atoms with Gasteiger partial charge in [-0.25, -0.2) is 9.78 Å². The summed E-state index contributed by atoms with van der Waals surface area (Å²) in [6, 6.07) is -1.10. The molecule has 0 saturated carbocycles. The molecule has 24 heavy (non-hydrogen) atoms. The SMILES string of the molecule is CC(C)c1nc2c(o1)CCN(C(=O)CC1C(=O)N(C)C(=O)N1C)C2. The number of likely N-dealkylation sites (N-methyl/N-ethyl adjacent to an activating group) is 2. The van der Waals surface area contributed by atoms with Gasteiger partial charge in [-0.05, 0) is 0 Å². The van der Waals surface area contributed by atoms with Crippen molar-refractivity contribution in [2.45, 2.75) is 45.2 Å². The normalized spacial score (nSPS) is 21.0. The first-order valence-electron chi connectivity index (χ1n) is 8.10. The van der Waals surface area contributed by atoms with Gasteiger partial charge < -0.3 is 14.2 Å². The highest BCUT2D eigenvalue weighted by molar-refractivity contribution is 6.05. The largest absolute Gasteiger partial charge is 0.445 e. The lowest BCUT2D eigenvalue weighted by Crippen LogP contribution is -2.41. The van der Waals surface area contributed by atoms with Crippen molar-refractivity contribution in [1.82, 2.24) is 19.7 Å². The Labute approximate surface area is 140 Å². The molecule has 2 aliphatic rings. The Balaban J connectivity index is 1.68. The van der Waals surface area contributed by atoms with Gasteiger partial charge in [-0.15, -0.1) is 0 Å². The number of aromatic nitrogens is 1. The number of urea groups is 1. The van der Waals surface area contributed by atoms with E-state index in [1.165, 1.54) is 11.9 Å². The Kier molecular flexibility index (Phi) is 4.06. The zero-order valence-corrected chi connectivity index (χ0v) is 14.4. The maximum Gasteiger partial charge on any atom is 0.326 e. The van der Waals surface area contributed by atoms with Crippen LogP contribution < -0.4 is 0 Å². The molecular weight excluding hydrogens is 312 g/mol. The van der Waals surface area contributed by atoms with Gasteiger partial charge in [-0.2, -0.15) is 0 Å². The first kappa shape index (κ1) is 16.5. The van der Waals surface area contributed by atoms with Gasteiger partial charge in [0.15, 0.2) is 5.89 Å². The summed E-state index contributed by atoms with van der Waals surface area (Å²) in [5.74, 6) is 1.24. The number of hydrogen-bond acceptors (Lipinski definition) is 5. The lowest BCUT2D eigenvalue weighted by molar-refractivity contribution is -0.137. The summed E-state index contributed by atoms with van der Waals surface area (Å²) in [7, 11) is 2.98. The van der Waals surface area contributed by atoms with E-state index >= 15 is 0 Å². The zero-order valence-electron chi connectivity index (χ0n) is 14.4. The van der Waals surface area contributed by atoms with Crippen LogP contribution in [0.25, 0.3) is 0 Å². The molecule has 1 atom stereocenters. The Hall–Kier alpha value is -2.38. The molecular formula is C16H22N4O4. The van der Waals surface area contributed by atoms with Crippen LogP contribution >= 0.6 is 0 Å². The second-order valence-corrected chi connectivity index (χ2v) is 6.65. The Bertz CT molecular complexity index is 696. The van der Waals surface area contributed by atoms with Crippen molar-refractivity contribution in [3.05, 3.63) is 17.3 Å². The predicted molar refractivity (Wildman–Crippen MR) is 84.0 cm³/mol. The molecule has 0 radical (unpaired) electrons. The first-order chi connectivity index (χ1) is 11.3. The molecule has 4 amide bonds. The number of carbonyl (C=O) groups excluding carboxylic acids is 3. The average Bonchev–Trinajstić information content (AvgIpc) is 3.06. The lowest BCUT2D eigenvalue weighted by Gasteiger charge is -2.27. The lowest BCUT2D eigenvalue weighted by atomic mass is 10.1. The molecule has 3 rings (SSSR count). The molecule has 8 heteroatoms. The van der Waals surface area contributed by atoms with Gasteiger partial charge in [-0.1, -0.05) is 13.8 Å². The van der Waals surface area contributed by atoms with E-state index in [-0.39, 0.29) is 30.2 Å². The van der Waals surface area contributed by atoms with Crippen LogP contribution in [0.4, 0.5) is 4.79 Å². The molecule has 0 N–H and O–H groups in total. The number of nitrogens with zero attached hydrogens (tertiary/aromatic N) is 4. The third-order valence-corrected chi connectivity index (χ3v) is 4.63. The number of hydrogen-bond donors (Lipinski definition) is 0. The van der Waals surface area contributed by atoms with E-state index < -0.39 is 6.04 Å². The second kappa shape index (κ2) is 5.92. The van der Waals surface area contributed by atoms with Gasteiger partial charge in [0.05, 0.1) is 13.0 Å². The van der Waals surface area contributed by atoms with Gasteiger partial charge in [0.1, 0.15) is 17.5 Å². The maximum absolute atomic E-state index is 12.6. The molecule has 1 aromatic heterocycles. The van der Waals surface area contributed by atoms with Crippen molar-refractivity contribution in [2.24, 2.45) is 0 Å². The van der Waals surface area contributed by atoms with E-state index in [0.717, 1.165) is 16.4 Å². The minimum absolute atomic E-state index is 0.00433. The van der Waals surface area contributed by atoms with Crippen LogP contribution in [-0.2, 0) is 22.6 Å². The summed E-state index contributed by atoms with van der Waals surface area (Å²) >= 11 is 0. The van der Waals surface area contributed by atoms with E-state index in [0.29, 0.717) is 25.4 Å². The molecule has 8 nitrogen and oxygen atoms in total. The first-order valence-corrected chi connectivity index (χ1v) is 8.10. The minimum Gasteiger partial charge on any atom is -0.445 e. The molecule has 1 aromatic rings. The van der Waals surface area contributed by atoms with E-state index in [9.17, 15) is 14.4 Å². The van der Waals surface area contributed by atoms with Crippen LogP contribution in [-0.4, -0.2) is 64.2 Å². The number of oxazole rings is 1. The van der Waals surface area contributed by atoms with Gasteiger partial charge >= 0.3 is 6.03 Å². The van der Waals surface area contributed by atoms with Crippen LogP contribution in [0, 0.1) is 0 Å². The number of amides is 4. The summed E-state index contributed by atoms with van der Waals surface area (Å²) < 4.78 is 5.73. The van der Waals surface area contributed by atoms with Gasteiger partial charge in [-0.3, -0.25) is 14.5 Å². The molecule has 130 valence electrons. The van der Waals surface area contributed by atoms with Crippen LogP contribution in [0.15, 0.2) is 4.42 Å². The third kappa shape index (κ3) is 2.65. The summed E-state index contributed by atoms with van der Waals surface area (Å²) in [6.45, 7) is 4.94. The number of rotatable bonds is 3. The molecule has 1 fully saturated rings. The fraction of sp³-hybridized carbons (Fsp3) is 0.625. The fourth-order valence-corrected chi connectivity index (χ4v) is 3.05. The number of imide groups is 1. The smallest absolute Gasteiger partial charge is 0.326 e. The monoisotopic (exact) mass is 334 g/mol. The van der Waals surface area contributed by atoms with E-state index in [1.54, 1.807) is 11.9 Å². The summed E-state index contributed by atoms with van der Waals surface area (Å²) in [4.78, 5) is 45.0. The molecule has 0 aliphatic carbocycles.